The molecular formula is C14H25N3O. The lowest BCUT2D eigenvalue weighted by molar-refractivity contribution is 0.171. The summed E-state index contributed by atoms with van der Waals surface area (Å²) in [5, 5.41) is 8.05. The molecule has 1 N–H and O–H groups in total. The van der Waals surface area contributed by atoms with Crippen LogP contribution in [0.15, 0.2) is 6.07 Å². The first-order valence-corrected chi connectivity index (χ1v) is 6.92. The van der Waals surface area contributed by atoms with E-state index in [0.29, 0.717) is 5.41 Å². The summed E-state index contributed by atoms with van der Waals surface area (Å²) in [7, 11) is 1.78. The van der Waals surface area contributed by atoms with Gasteiger partial charge in [-0.05, 0) is 44.6 Å². The number of hydrogen-bond acceptors (Lipinski definition) is 3. The topological polar surface area (TPSA) is 39.1 Å². The Morgan fingerprint density at radius 2 is 2.28 bits per heavy atom. The number of ether oxygens (including phenoxy) is 1. The highest BCUT2D eigenvalue weighted by molar-refractivity contribution is 5.09. The van der Waals surface area contributed by atoms with Crippen LogP contribution in [0.1, 0.15) is 37.6 Å². The molecule has 0 aromatic carbocycles. The number of nitrogens with zero attached hydrogens (tertiary/aromatic N) is 2. The van der Waals surface area contributed by atoms with Crippen molar-refractivity contribution in [2.24, 2.45) is 5.41 Å². The van der Waals surface area contributed by atoms with Gasteiger partial charge in [-0.3, -0.25) is 4.68 Å². The van der Waals surface area contributed by atoms with Crippen LogP contribution in [0.2, 0.25) is 0 Å². The zero-order valence-electron chi connectivity index (χ0n) is 11.8. The summed E-state index contributed by atoms with van der Waals surface area (Å²) >= 11 is 0. The van der Waals surface area contributed by atoms with Crippen LogP contribution < -0.4 is 5.32 Å². The molecule has 18 heavy (non-hydrogen) atoms. The average Bonchev–Trinajstić information content (AvgIpc) is 3.04. The Labute approximate surface area is 110 Å². The molecule has 0 bridgehead atoms. The van der Waals surface area contributed by atoms with Gasteiger partial charge in [0.25, 0.3) is 0 Å². The second kappa shape index (κ2) is 5.85. The van der Waals surface area contributed by atoms with Gasteiger partial charge in [-0.2, -0.15) is 5.10 Å². The molecule has 102 valence electrons. The lowest BCUT2D eigenvalue weighted by Crippen LogP contribution is -2.25. The Balaban J connectivity index is 1.78. The fourth-order valence-corrected chi connectivity index (χ4v) is 2.48. The van der Waals surface area contributed by atoms with Crippen molar-refractivity contribution in [1.82, 2.24) is 15.1 Å². The van der Waals surface area contributed by atoms with Crippen LogP contribution in [0.25, 0.3) is 0 Å². The van der Waals surface area contributed by atoms with Gasteiger partial charge in [0.05, 0.1) is 11.4 Å². The lowest BCUT2D eigenvalue weighted by Gasteiger charge is -2.15. The predicted molar refractivity (Wildman–Crippen MR) is 72.5 cm³/mol. The number of aromatic nitrogens is 2. The molecule has 2 rings (SSSR count). The molecule has 0 spiro atoms. The van der Waals surface area contributed by atoms with E-state index in [-0.39, 0.29) is 0 Å². The van der Waals surface area contributed by atoms with Gasteiger partial charge >= 0.3 is 0 Å². The Morgan fingerprint density at radius 1 is 1.50 bits per heavy atom. The highest BCUT2D eigenvalue weighted by Crippen LogP contribution is 2.48. The van der Waals surface area contributed by atoms with E-state index >= 15 is 0 Å². The minimum Gasteiger partial charge on any atom is -0.385 e. The van der Waals surface area contributed by atoms with Crippen molar-refractivity contribution in [1.29, 1.82) is 0 Å². The van der Waals surface area contributed by atoms with Crippen molar-refractivity contribution < 1.29 is 4.74 Å². The Hall–Kier alpha value is -0.870. The molecule has 1 aromatic rings. The molecule has 1 saturated carbocycles. The van der Waals surface area contributed by atoms with Gasteiger partial charge in [-0.25, -0.2) is 0 Å². The van der Waals surface area contributed by atoms with Gasteiger partial charge in [0.2, 0.25) is 0 Å². The van der Waals surface area contributed by atoms with E-state index in [1.807, 2.05) is 0 Å². The summed E-state index contributed by atoms with van der Waals surface area (Å²) in [4.78, 5) is 0. The maximum atomic E-state index is 5.18. The molecule has 1 aromatic heterocycles. The van der Waals surface area contributed by atoms with Crippen LogP contribution in [0, 0.1) is 12.3 Å². The van der Waals surface area contributed by atoms with E-state index in [1.54, 1.807) is 7.11 Å². The lowest BCUT2D eigenvalue weighted by atomic mass is 10.0. The summed E-state index contributed by atoms with van der Waals surface area (Å²) in [5.41, 5.74) is 2.91. The first-order chi connectivity index (χ1) is 8.69. The summed E-state index contributed by atoms with van der Waals surface area (Å²) in [6.45, 7) is 8.04. The molecule has 0 aliphatic heterocycles. The van der Waals surface area contributed by atoms with Gasteiger partial charge in [0.1, 0.15) is 0 Å². The molecule has 0 saturated heterocycles. The molecule has 1 aliphatic carbocycles. The molecule has 4 nitrogen and oxygen atoms in total. The number of nitrogens with one attached hydrogen (secondary N) is 1. The highest BCUT2D eigenvalue weighted by atomic mass is 16.5. The average molecular weight is 251 g/mol. The summed E-state index contributed by atoms with van der Waals surface area (Å²) in [6.07, 6.45) is 3.87. The van der Waals surface area contributed by atoms with Crippen LogP contribution in [0.3, 0.4) is 0 Å². The second-order valence-corrected chi connectivity index (χ2v) is 5.44. The van der Waals surface area contributed by atoms with E-state index in [9.17, 15) is 0 Å². The zero-order chi connectivity index (χ0) is 13.0. The normalized spacial score (nSPS) is 17.1. The standard InChI is InChI=1S/C14H25N3O/c1-4-17-13(9-12(2)16-17)10-15-11-14(5-6-14)7-8-18-3/h9,15H,4-8,10-11H2,1-3H3. The van der Waals surface area contributed by atoms with Crippen molar-refractivity contribution in [3.63, 3.8) is 0 Å². The van der Waals surface area contributed by atoms with E-state index in [4.69, 9.17) is 4.74 Å². The van der Waals surface area contributed by atoms with Crippen LogP contribution in [-0.2, 0) is 17.8 Å². The maximum Gasteiger partial charge on any atom is 0.0597 e. The fourth-order valence-electron chi connectivity index (χ4n) is 2.48. The largest absolute Gasteiger partial charge is 0.385 e. The molecule has 0 unspecified atom stereocenters. The van der Waals surface area contributed by atoms with Crippen molar-refractivity contribution >= 4 is 0 Å². The van der Waals surface area contributed by atoms with E-state index in [1.165, 1.54) is 25.0 Å². The van der Waals surface area contributed by atoms with Crippen molar-refractivity contribution in [2.75, 3.05) is 20.3 Å². The van der Waals surface area contributed by atoms with Gasteiger partial charge < -0.3 is 10.1 Å². The van der Waals surface area contributed by atoms with E-state index < -0.39 is 0 Å². The summed E-state index contributed by atoms with van der Waals surface area (Å²) < 4.78 is 7.26. The van der Waals surface area contributed by atoms with Crippen molar-refractivity contribution in [3.8, 4) is 0 Å². The Kier molecular flexibility index (Phi) is 4.40. The van der Waals surface area contributed by atoms with Crippen LogP contribution in [0.5, 0.6) is 0 Å². The SMILES string of the molecule is CCn1nc(C)cc1CNCC1(CCOC)CC1. The van der Waals surface area contributed by atoms with Gasteiger partial charge in [0, 0.05) is 33.4 Å². The fraction of sp³-hybridized carbons (Fsp3) is 0.786. The summed E-state index contributed by atoms with van der Waals surface area (Å²) in [6, 6.07) is 2.17. The number of aryl methyl sites for hydroxylation is 2. The Bertz CT molecular complexity index is 382. The molecule has 0 atom stereocenters. The van der Waals surface area contributed by atoms with Crippen LogP contribution >= 0.6 is 0 Å². The smallest absolute Gasteiger partial charge is 0.0597 e. The minimum atomic E-state index is 0.516. The minimum absolute atomic E-state index is 0.516. The second-order valence-electron chi connectivity index (χ2n) is 5.44. The third kappa shape index (κ3) is 3.33. The van der Waals surface area contributed by atoms with Crippen LogP contribution in [-0.4, -0.2) is 30.0 Å². The molecule has 1 fully saturated rings. The first kappa shape index (κ1) is 13.6. The van der Waals surface area contributed by atoms with E-state index in [2.05, 4.69) is 35.0 Å². The van der Waals surface area contributed by atoms with Crippen LogP contribution in [0.4, 0.5) is 0 Å². The molecule has 1 heterocycles. The molecule has 1 aliphatic rings. The first-order valence-electron chi connectivity index (χ1n) is 6.92. The van der Waals surface area contributed by atoms with Crippen molar-refractivity contribution in [3.05, 3.63) is 17.5 Å². The highest BCUT2D eigenvalue weighted by Gasteiger charge is 2.41. The molecular weight excluding hydrogens is 226 g/mol. The maximum absolute atomic E-state index is 5.18. The van der Waals surface area contributed by atoms with Gasteiger partial charge in [-0.15, -0.1) is 0 Å². The molecule has 0 amide bonds. The third-order valence-corrected chi connectivity index (χ3v) is 3.88. The monoisotopic (exact) mass is 251 g/mol. The molecule has 0 radical (unpaired) electrons. The van der Waals surface area contributed by atoms with Crippen molar-refractivity contribution in [2.45, 2.75) is 46.2 Å². The third-order valence-electron chi connectivity index (χ3n) is 3.88. The number of methoxy groups -OCH3 is 1. The predicted octanol–water partition coefficient (Wildman–Crippen LogP) is 2.12. The molecule has 4 heteroatoms. The zero-order valence-corrected chi connectivity index (χ0v) is 11.8. The Morgan fingerprint density at radius 3 is 2.89 bits per heavy atom. The van der Waals surface area contributed by atoms with E-state index in [0.717, 1.165) is 31.9 Å². The number of hydrogen-bond donors (Lipinski definition) is 1. The summed E-state index contributed by atoms with van der Waals surface area (Å²) in [5.74, 6) is 0. The quantitative estimate of drug-likeness (QED) is 0.769. The van der Waals surface area contributed by atoms with Gasteiger partial charge in [-0.1, -0.05) is 0 Å². The number of rotatable bonds is 8. The van der Waals surface area contributed by atoms with Gasteiger partial charge in [0.15, 0.2) is 0 Å².